The van der Waals surface area contributed by atoms with Crippen LogP contribution in [0, 0.1) is 6.92 Å². The normalized spacial score (nSPS) is 10.9. The van der Waals surface area contributed by atoms with Crippen molar-refractivity contribution in [3.05, 3.63) is 34.5 Å². The van der Waals surface area contributed by atoms with Gasteiger partial charge in [-0.05, 0) is 37.6 Å². The standard InChI is InChI=1S/C15H21N3S/c1-4-6-12-14(10-16-5-2)19-15(18-12)13-9-11(3)7-8-17-13/h7-9,16H,4-6,10H2,1-3H3. The van der Waals surface area contributed by atoms with Crippen molar-refractivity contribution in [2.24, 2.45) is 0 Å². The van der Waals surface area contributed by atoms with E-state index in [9.17, 15) is 0 Å². The molecule has 2 heterocycles. The number of aromatic nitrogens is 2. The highest BCUT2D eigenvalue weighted by atomic mass is 32.1. The van der Waals surface area contributed by atoms with Gasteiger partial charge in [0.05, 0.1) is 11.4 Å². The molecule has 4 heteroatoms. The number of rotatable bonds is 6. The third-order valence-electron chi connectivity index (χ3n) is 2.94. The molecule has 0 radical (unpaired) electrons. The maximum Gasteiger partial charge on any atom is 0.142 e. The van der Waals surface area contributed by atoms with Crippen molar-refractivity contribution in [2.45, 2.75) is 40.2 Å². The van der Waals surface area contributed by atoms with Crippen LogP contribution in [-0.2, 0) is 13.0 Å². The molecule has 0 saturated heterocycles. The van der Waals surface area contributed by atoms with Gasteiger partial charge in [-0.15, -0.1) is 11.3 Å². The van der Waals surface area contributed by atoms with Crippen molar-refractivity contribution in [1.82, 2.24) is 15.3 Å². The molecule has 0 fully saturated rings. The van der Waals surface area contributed by atoms with Gasteiger partial charge in [0.15, 0.2) is 0 Å². The number of aryl methyl sites for hydroxylation is 2. The van der Waals surface area contributed by atoms with E-state index in [1.54, 1.807) is 11.3 Å². The molecule has 0 aromatic carbocycles. The summed E-state index contributed by atoms with van der Waals surface area (Å²) < 4.78 is 0. The summed E-state index contributed by atoms with van der Waals surface area (Å²) in [5.41, 5.74) is 3.45. The molecule has 0 aliphatic rings. The first kappa shape index (κ1) is 14.2. The van der Waals surface area contributed by atoms with Gasteiger partial charge in [0.25, 0.3) is 0 Å². The maximum absolute atomic E-state index is 4.78. The van der Waals surface area contributed by atoms with E-state index >= 15 is 0 Å². The predicted molar refractivity (Wildman–Crippen MR) is 81.5 cm³/mol. The van der Waals surface area contributed by atoms with Gasteiger partial charge in [-0.3, -0.25) is 4.98 Å². The zero-order valence-electron chi connectivity index (χ0n) is 11.9. The van der Waals surface area contributed by atoms with Crippen LogP contribution in [0.2, 0.25) is 0 Å². The van der Waals surface area contributed by atoms with Gasteiger partial charge in [-0.2, -0.15) is 0 Å². The second kappa shape index (κ2) is 6.78. The Kier molecular flexibility index (Phi) is 5.05. The van der Waals surface area contributed by atoms with E-state index in [2.05, 4.69) is 37.1 Å². The van der Waals surface area contributed by atoms with Crippen LogP contribution in [0.4, 0.5) is 0 Å². The van der Waals surface area contributed by atoms with Crippen LogP contribution < -0.4 is 5.32 Å². The lowest BCUT2D eigenvalue weighted by molar-refractivity contribution is 0.723. The van der Waals surface area contributed by atoms with E-state index in [1.807, 2.05) is 12.3 Å². The molecule has 2 aromatic rings. The zero-order valence-corrected chi connectivity index (χ0v) is 12.7. The first-order valence-electron chi connectivity index (χ1n) is 6.87. The van der Waals surface area contributed by atoms with E-state index in [-0.39, 0.29) is 0 Å². The molecule has 0 amide bonds. The summed E-state index contributed by atoms with van der Waals surface area (Å²) in [6, 6.07) is 4.12. The summed E-state index contributed by atoms with van der Waals surface area (Å²) in [4.78, 5) is 10.6. The predicted octanol–water partition coefficient (Wildman–Crippen LogP) is 3.58. The van der Waals surface area contributed by atoms with Crippen molar-refractivity contribution < 1.29 is 0 Å². The fourth-order valence-corrected chi connectivity index (χ4v) is 3.00. The molecular weight excluding hydrogens is 254 g/mol. The number of pyridine rings is 1. The lowest BCUT2D eigenvalue weighted by atomic mass is 10.2. The Morgan fingerprint density at radius 1 is 1.32 bits per heavy atom. The van der Waals surface area contributed by atoms with Crippen LogP contribution in [0.1, 0.15) is 36.4 Å². The maximum atomic E-state index is 4.78. The lowest BCUT2D eigenvalue weighted by Crippen LogP contribution is -2.11. The topological polar surface area (TPSA) is 37.8 Å². The lowest BCUT2D eigenvalue weighted by Gasteiger charge is -2.00. The Hall–Kier alpha value is -1.26. The van der Waals surface area contributed by atoms with Gasteiger partial charge >= 0.3 is 0 Å². The average molecular weight is 275 g/mol. The molecule has 3 nitrogen and oxygen atoms in total. The number of nitrogens with zero attached hydrogens (tertiary/aromatic N) is 2. The Bertz CT molecular complexity index is 534. The molecule has 0 aliphatic heterocycles. The number of hydrogen-bond donors (Lipinski definition) is 1. The molecule has 0 unspecified atom stereocenters. The number of nitrogens with one attached hydrogen (secondary N) is 1. The van der Waals surface area contributed by atoms with Crippen molar-refractivity contribution in [3.8, 4) is 10.7 Å². The minimum atomic E-state index is 0.912. The first-order chi connectivity index (χ1) is 9.24. The minimum absolute atomic E-state index is 0.912. The van der Waals surface area contributed by atoms with Crippen LogP contribution in [0.5, 0.6) is 0 Å². The first-order valence-corrected chi connectivity index (χ1v) is 7.68. The summed E-state index contributed by atoms with van der Waals surface area (Å²) in [7, 11) is 0. The Morgan fingerprint density at radius 2 is 2.16 bits per heavy atom. The molecule has 19 heavy (non-hydrogen) atoms. The molecular formula is C15H21N3S. The third-order valence-corrected chi connectivity index (χ3v) is 4.06. The van der Waals surface area contributed by atoms with Crippen LogP contribution in [0.25, 0.3) is 10.7 Å². The van der Waals surface area contributed by atoms with E-state index in [0.29, 0.717) is 0 Å². The Morgan fingerprint density at radius 3 is 2.84 bits per heavy atom. The van der Waals surface area contributed by atoms with Crippen molar-refractivity contribution in [2.75, 3.05) is 6.54 Å². The molecule has 0 bridgehead atoms. The van der Waals surface area contributed by atoms with Gasteiger partial charge in [0.1, 0.15) is 5.01 Å². The SMILES string of the molecule is CCCc1nc(-c2cc(C)ccn2)sc1CNCC. The number of thiazole rings is 1. The monoisotopic (exact) mass is 275 g/mol. The highest BCUT2D eigenvalue weighted by molar-refractivity contribution is 7.15. The quantitative estimate of drug-likeness (QED) is 0.875. The van der Waals surface area contributed by atoms with E-state index < -0.39 is 0 Å². The largest absolute Gasteiger partial charge is 0.312 e. The van der Waals surface area contributed by atoms with Crippen molar-refractivity contribution >= 4 is 11.3 Å². The molecule has 0 saturated carbocycles. The highest BCUT2D eigenvalue weighted by Gasteiger charge is 2.12. The smallest absolute Gasteiger partial charge is 0.142 e. The van der Waals surface area contributed by atoms with Gasteiger partial charge in [-0.25, -0.2) is 4.98 Å². The van der Waals surface area contributed by atoms with Gasteiger partial charge in [-0.1, -0.05) is 20.3 Å². The summed E-state index contributed by atoms with van der Waals surface area (Å²) in [5.74, 6) is 0. The van der Waals surface area contributed by atoms with E-state index in [1.165, 1.54) is 16.1 Å². The second-order valence-electron chi connectivity index (χ2n) is 4.64. The van der Waals surface area contributed by atoms with Crippen molar-refractivity contribution in [3.63, 3.8) is 0 Å². The van der Waals surface area contributed by atoms with Crippen LogP contribution in [0.3, 0.4) is 0 Å². The average Bonchev–Trinajstić information content (AvgIpc) is 2.80. The molecule has 1 N–H and O–H groups in total. The highest BCUT2D eigenvalue weighted by Crippen LogP contribution is 2.28. The fraction of sp³-hybridized carbons (Fsp3) is 0.467. The van der Waals surface area contributed by atoms with Gasteiger partial charge < -0.3 is 5.32 Å². The molecule has 2 rings (SSSR count). The molecule has 0 atom stereocenters. The van der Waals surface area contributed by atoms with Crippen LogP contribution >= 0.6 is 11.3 Å². The zero-order chi connectivity index (χ0) is 13.7. The van der Waals surface area contributed by atoms with E-state index in [4.69, 9.17) is 4.98 Å². The Labute approximate surface area is 119 Å². The molecule has 0 aliphatic carbocycles. The van der Waals surface area contributed by atoms with Gasteiger partial charge in [0, 0.05) is 17.6 Å². The number of hydrogen-bond acceptors (Lipinski definition) is 4. The second-order valence-corrected chi connectivity index (χ2v) is 5.72. The summed E-state index contributed by atoms with van der Waals surface area (Å²) in [6.45, 7) is 8.31. The molecule has 2 aromatic heterocycles. The van der Waals surface area contributed by atoms with Crippen molar-refractivity contribution in [1.29, 1.82) is 0 Å². The van der Waals surface area contributed by atoms with Gasteiger partial charge in [0.2, 0.25) is 0 Å². The molecule has 102 valence electrons. The molecule has 0 spiro atoms. The summed E-state index contributed by atoms with van der Waals surface area (Å²) >= 11 is 1.77. The van der Waals surface area contributed by atoms with Crippen LogP contribution in [0.15, 0.2) is 18.3 Å². The van der Waals surface area contributed by atoms with E-state index in [0.717, 1.165) is 36.6 Å². The Balaban J connectivity index is 2.30. The third kappa shape index (κ3) is 3.61. The van der Waals surface area contributed by atoms with Crippen LogP contribution in [-0.4, -0.2) is 16.5 Å². The minimum Gasteiger partial charge on any atom is -0.312 e. The summed E-state index contributed by atoms with van der Waals surface area (Å²) in [6.07, 6.45) is 4.03. The fourth-order valence-electron chi connectivity index (χ4n) is 1.95. The summed E-state index contributed by atoms with van der Waals surface area (Å²) in [5, 5.41) is 4.43.